The molecule has 2 unspecified atom stereocenters. The molecule has 0 radical (unpaired) electrons. The average Bonchev–Trinajstić information content (AvgIpc) is 2.43. The van der Waals surface area contributed by atoms with E-state index in [0.29, 0.717) is 5.56 Å². The Bertz CT molecular complexity index is 555. The van der Waals surface area contributed by atoms with Gasteiger partial charge in [-0.05, 0) is 38.3 Å². The maximum Gasteiger partial charge on any atom is 0.272 e. The predicted octanol–water partition coefficient (Wildman–Crippen LogP) is 4.78. The minimum atomic E-state index is -0.355. The first kappa shape index (κ1) is 16.1. The zero-order chi connectivity index (χ0) is 15.8. The van der Waals surface area contributed by atoms with Gasteiger partial charge in [-0.1, -0.05) is 13.8 Å². The highest BCUT2D eigenvalue weighted by atomic mass is 35.5. The molecule has 5 heteroatoms. The van der Waals surface area contributed by atoms with E-state index < -0.39 is 0 Å². The minimum absolute atomic E-state index is 0.0175. The van der Waals surface area contributed by atoms with Crippen LogP contribution in [-0.4, -0.2) is 16.4 Å². The van der Waals surface area contributed by atoms with E-state index in [2.05, 4.69) is 13.8 Å². The van der Waals surface area contributed by atoms with E-state index in [1.165, 1.54) is 0 Å². The van der Waals surface area contributed by atoms with Crippen LogP contribution in [0.4, 0.5) is 5.69 Å². The summed E-state index contributed by atoms with van der Waals surface area (Å²) in [5.41, 5.74) is 1.58. The van der Waals surface area contributed by atoms with E-state index in [1.807, 2.05) is 6.92 Å². The number of halogens is 1. The highest BCUT2D eigenvalue weighted by Gasteiger charge is 2.53. The first-order valence-electron chi connectivity index (χ1n) is 7.42. The van der Waals surface area contributed by atoms with Crippen molar-refractivity contribution in [2.45, 2.75) is 58.4 Å². The monoisotopic (exact) mass is 311 g/mol. The summed E-state index contributed by atoms with van der Waals surface area (Å²) in [7, 11) is 0. The van der Waals surface area contributed by atoms with Crippen LogP contribution in [0.1, 0.15) is 44.2 Å². The van der Waals surface area contributed by atoms with Crippen molar-refractivity contribution in [3.05, 3.63) is 33.4 Å². The minimum Gasteiger partial charge on any atom is -0.489 e. The Balaban J connectivity index is 2.25. The van der Waals surface area contributed by atoms with Crippen LogP contribution in [0.3, 0.4) is 0 Å². The van der Waals surface area contributed by atoms with Crippen LogP contribution in [0.25, 0.3) is 0 Å². The van der Waals surface area contributed by atoms with Gasteiger partial charge < -0.3 is 4.74 Å². The zero-order valence-corrected chi connectivity index (χ0v) is 13.7. The third-order valence-corrected chi connectivity index (χ3v) is 5.57. The van der Waals surface area contributed by atoms with Crippen molar-refractivity contribution < 1.29 is 9.66 Å². The normalized spacial score (nSPS) is 23.5. The van der Waals surface area contributed by atoms with Crippen molar-refractivity contribution in [1.29, 1.82) is 0 Å². The van der Waals surface area contributed by atoms with Gasteiger partial charge in [0.2, 0.25) is 0 Å². The molecule has 1 fully saturated rings. The molecule has 4 nitrogen and oxygen atoms in total. The van der Waals surface area contributed by atoms with E-state index in [9.17, 15) is 10.1 Å². The van der Waals surface area contributed by atoms with Crippen molar-refractivity contribution in [3.63, 3.8) is 0 Å². The lowest BCUT2D eigenvalue weighted by atomic mass is 9.62. The van der Waals surface area contributed by atoms with Crippen molar-refractivity contribution >= 4 is 17.3 Å². The van der Waals surface area contributed by atoms with Crippen LogP contribution in [0.15, 0.2) is 12.1 Å². The molecule has 0 saturated heterocycles. The van der Waals surface area contributed by atoms with Crippen molar-refractivity contribution in [1.82, 2.24) is 0 Å². The van der Waals surface area contributed by atoms with Gasteiger partial charge in [-0.2, -0.15) is 0 Å². The van der Waals surface area contributed by atoms with Crippen LogP contribution in [0.2, 0.25) is 0 Å². The fourth-order valence-electron chi connectivity index (χ4n) is 3.26. The summed E-state index contributed by atoms with van der Waals surface area (Å²) in [6.07, 6.45) is 2.88. The van der Waals surface area contributed by atoms with E-state index >= 15 is 0 Å². The lowest BCUT2D eigenvalue weighted by Crippen LogP contribution is -2.56. The van der Waals surface area contributed by atoms with Gasteiger partial charge in [0.1, 0.15) is 11.9 Å². The van der Waals surface area contributed by atoms with E-state index in [-0.39, 0.29) is 27.5 Å². The first-order valence-corrected chi connectivity index (χ1v) is 7.85. The molecular weight excluding hydrogens is 290 g/mol. The lowest BCUT2D eigenvalue weighted by Gasteiger charge is -2.52. The number of hydrogen-bond acceptors (Lipinski definition) is 3. The number of hydrogen-bond donors (Lipinski definition) is 0. The highest BCUT2D eigenvalue weighted by molar-refractivity contribution is 6.21. The first-order chi connectivity index (χ1) is 9.85. The topological polar surface area (TPSA) is 52.4 Å². The number of rotatable bonds is 5. The summed E-state index contributed by atoms with van der Waals surface area (Å²) in [6.45, 7) is 7.87. The van der Waals surface area contributed by atoms with Crippen molar-refractivity contribution in [2.24, 2.45) is 5.41 Å². The van der Waals surface area contributed by atoms with Crippen LogP contribution < -0.4 is 4.74 Å². The molecule has 1 aliphatic rings. The molecule has 1 aliphatic carbocycles. The Kier molecular flexibility index (Phi) is 4.47. The third kappa shape index (κ3) is 2.61. The lowest BCUT2D eigenvalue weighted by molar-refractivity contribution is -0.385. The Hall–Kier alpha value is -1.29. The largest absolute Gasteiger partial charge is 0.489 e. The number of nitrogens with zero attached hydrogens (tertiary/aromatic N) is 1. The number of aryl methyl sites for hydroxylation is 2. The summed E-state index contributed by atoms with van der Waals surface area (Å²) in [4.78, 5) is 10.6. The zero-order valence-electron chi connectivity index (χ0n) is 13.0. The molecule has 0 spiro atoms. The molecule has 2 atom stereocenters. The van der Waals surface area contributed by atoms with Gasteiger partial charge in [0.25, 0.3) is 5.69 Å². The van der Waals surface area contributed by atoms with Crippen molar-refractivity contribution in [3.8, 4) is 5.75 Å². The summed E-state index contributed by atoms with van der Waals surface area (Å²) < 4.78 is 6.16. The second kappa shape index (κ2) is 5.84. The quantitative estimate of drug-likeness (QED) is 0.447. The second-order valence-electron chi connectivity index (χ2n) is 5.91. The summed E-state index contributed by atoms with van der Waals surface area (Å²) >= 11 is 6.40. The molecule has 1 saturated carbocycles. The number of alkyl halides is 1. The van der Waals surface area contributed by atoms with Gasteiger partial charge >= 0.3 is 0 Å². The summed E-state index contributed by atoms with van der Waals surface area (Å²) in [5.74, 6) is 0.734. The van der Waals surface area contributed by atoms with Gasteiger partial charge in [-0.15, -0.1) is 11.6 Å². The van der Waals surface area contributed by atoms with E-state index in [0.717, 1.165) is 30.6 Å². The van der Waals surface area contributed by atoms with Gasteiger partial charge in [0, 0.05) is 28.8 Å². The molecule has 0 heterocycles. The number of benzene rings is 1. The molecule has 0 N–H and O–H groups in total. The van der Waals surface area contributed by atoms with Gasteiger partial charge in [0.05, 0.1) is 4.92 Å². The van der Waals surface area contributed by atoms with Crippen LogP contribution in [-0.2, 0) is 0 Å². The van der Waals surface area contributed by atoms with Crippen LogP contribution in [0, 0.1) is 29.4 Å². The highest BCUT2D eigenvalue weighted by Crippen LogP contribution is 2.52. The molecule has 1 aromatic rings. The smallest absolute Gasteiger partial charge is 0.272 e. The Morgan fingerprint density at radius 2 is 1.95 bits per heavy atom. The molecule has 0 aromatic heterocycles. The molecule has 0 bridgehead atoms. The maximum atomic E-state index is 11.0. The Labute approximate surface area is 130 Å². The molecule has 1 aromatic carbocycles. The summed E-state index contributed by atoms with van der Waals surface area (Å²) in [6, 6.07) is 3.35. The molecule has 2 rings (SSSR count). The van der Waals surface area contributed by atoms with Gasteiger partial charge in [0.15, 0.2) is 0 Å². The van der Waals surface area contributed by atoms with Gasteiger partial charge in [-0.25, -0.2) is 0 Å². The molecule has 21 heavy (non-hydrogen) atoms. The SMILES string of the molecule is CCC1(CC)C(Cl)CC1Oc1cc(C)c([N+](=O)[O-])cc1C. The maximum absolute atomic E-state index is 11.0. The standard InChI is InChI=1S/C16H22ClNO3/c1-5-16(6-2)14(17)9-15(16)21-13-8-10(3)12(18(19)20)7-11(13)4/h7-8,14-15H,5-6,9H2,1-4H3. The molecule has 0 amide bonds. The predicted molar refractivity (Wildman–Crippen MR) is 84.3 cm³/mol. The fourth-order valence-corrected chi connectivity index (χ4v) is 3.87. The third-order valence-electron chi connectivity index (χ3n) is 4.96. The van der Waals surface area contributed by atoms with Crippen LogP contribution >= 0.6 is 11.6 Å². The fraction of sp³-hybridized carbons (Fsp3) is 0.625. The number of ether oxygens (including phenoxy) is 1. The average molecular weight is 312 g/mol. The van der Waals surface area contributed by atoms with Gasteiger partial charge in [-0.3, -0.25) is 10.1 Å². The molecule has 116 valence electrons. The molecule has 0 aliphatic heterocycles. The number of nitro groups is 1. The summed E-state index contributed by atoms with van der Waals surface area (Å²) in [5, 5.41) is 11.1. The number of nitro benzene ring substituents is 1. The Morgan fingerprint density at radius 1 is 1.33 bits per heavy atom. The van der Waals surface area contributed by atoms with E-state index in [4.69, 9.17) is 16.3 Å². The Morgan fingerprint density at radius 3 is 2.43 bits per heavy atom. The second-order valence-corrected chi connectivity index (χ2v) is 6.44. The van der Waals surface area contributed by atoms with Crippen LogP contribution in [0.5, 0.6) is 5.75 Å². The van der Waals surface area contributed by atoms with Crippen molar-refractivity contribution in [2.75, 3.05) is 0 Å². The van der Waals surface area contributed by atoms with E-state index in [1.54, 1.807) is 19.1 Å². The molecular formula is C16H22ClNO3.